The van der Waals surface area contributed by atoms with Crippen molar-refractivity contribution in [2.24, 2.45) is 0 Å². The van der Waals surface area contributed by atoms with Gasteiger partial charge in [0.2, 0.25) is 11.0 Å². The van der Waals surface area contributed by atoms with Gasteiger partial charge in [0.25, 0.3) is 0 Å². The molecule has 0 saturated heterocycles. The highest BCUT2D eigenvalue weighted by Crippen LogP contribution is 2.25. The van der Waals surface area contributed by atoms with E-state index in [4.69, 9.17) is 0 Å². The number of rotatable bonds is 8. The summed E-state index contributed by atoms with van der Waals surface area (Å²) in [4.78, 5) is 11.5. The van der Waals surface area contributed by atoms with Crippen molar-refractivity contribution in [3.05, 3.63) is 35.9 Å². The lowest BCUT2D eigenvalue weighted by molar-refractivity contribution is -0.118. The second-order valence-electron chi connectivity index (χ2n) is 4.35. The van der Waals surface area contributed by atoms with Crippen molar-refractivity contribution in [1.29, 1.82) is 0 Å². The fourth-order valence-corrected chi connectivity index (χ4v) is 3.13. The number of carbonyl (C=O) groups excluding carboxylic acids is 1. The predicted molar refractivity (Wildman–Crippen MR) is 87.7 cm³/mol. The molecular formula is C14H18N4OS2. The Labute approximate surface area is 132 Å². The van der Waals surface area contributed by atoms with Crippen molar-refractivity contribution < 1.29 is 4.79 Å². The third-order valence-electron chi connectivity index (χ3n) is 2.59. The number of hydrogen-bond donors (Lipinski definition) is 2. The lowest BCUT2D eigenvalue weighted by Crippen LogP contribution is -2.25. The molecule has 5 nitrogen and oxygen atoms in total. The highest BCUT2D eigenvalue weighted by atomic mass is 32.2. The van der Waals surface area contributed by atoms with Crippen LogP contribution in [0, 0.1) is 0 Å². The van der Waals surface area contributed by atoms with Gasteiger partial charge in [-0.05, 0) is 12.0 Å². The maximum absolute atomic E-state index is 11.5. The second-order valence-corrected chi connectivity index (χ2v) is 6.55. The molecule has 0 aliphatic carbocycles. The second kappa shape index (κ2) is 8.63. The number of nitrogens with zero attached hydrogens (tertiary/aromatic N) is 2. The van der Waals surface area contributed by atoms with Crippen LogP contribution in [0.25, 0.3) is 0 Å². The number of thioether (sulfide) groups is 1. The van der Waals surface area contributed by atoms with Gasteiger partial charge < -0.3 is 10.6 Å². The molecule has 2 rings (SSSR count). The minimum Gasteiger partial charge on any atom is -0.356 e. The van der Waals surface area contributed by atoms with Crippen molar-refractivity contribution in [3.8, 4) is 0 Å². The normalized spacial score (nSPS) is 10.3. The molecule has 2 N–H and O–H groups in total. The van der Waals surface area contributed by atoms with Crippen molar-refractivity contribution in [2.75, 3.05) is 17.6 Å². The summed E-state index contributed by atoms with van der Waals surface area (Å²) in [5.74, 6) is 0.420. The maximum Gasteiger partial charge on any atom is 0.230 e. The number of amides is 1. The van der Waals surface area contributed by atoms with E-state index in [1.165, 1.54) is 28.7 Å². The largest absolute Gasteiger partial charge is 0.356 e. The lowest BCUT2D eigenvalue weighted by Gasteiger charge is -2.01. The molecule has 7 heteroatoms. The van der Waals surface area contributed by atoms with Gasteiger partial charge >= 0.3 is 0 Å². The van der Waals surface area contributed by atoms with Gasteiger partial charge in [-0.1, -0.05) is 60.4 Å². The molecule has 0 atom stereocenters. The molecule has 112 valence electrons. The third-order valence-corrected chi connectivity index (χ3v) is 4.61. The first-order valence-electron chi connectivity index (χ1n) is 6.78. The molecule has 0 aliphatic rings. The van der Waals surface area contributed by atoms with Crippen molar-refractivity contribution in [1.82, 2.24) is 15.5 Å². The summed E-state index contributed by atoms with van der Waals surface area (Å²) in [7, 11) is 0. The van der Waals surface area contributed by atoms with Gasteiger partial charge in [-0.2, -0.15) is 0 Å². The van der Waals surface area contributed by atoms with Crippen LogP contribution >= 0.6 is 23.1 Å². The van der Waals surface area contributed by atoms with Gasteiger partial charge in [0.1, 0.15) is 0 Å². The van der Waals surface area contributed by atoms with E-state index >= 15 is 0 Å². The SMILES string of the molecule is CCCNC(=O)CSc1nnc(NCc2ccccc2)s1. The predicted octanol–water partition coefficient (Wildman–Crippen LogP) is 2.77. The fraction of sp³-hybridized carbons (Fsp3) is 0.357. The average molecular weight is 322 g/mol. The molecule has 0 spiro atoms. The summed E-state index contributed by atoms with van der Waals surface area (Å²) in [6.07, 6.45) is 0.947. The van der Waals surface area contributed by atoms with Crippen molar-refractivity contribution in [2.45, 2.75) is 24.2 Å². The van der Waals surface area contributed by atoms with Gasteiger partial charge in [-0.3, -0.25) is 4.79 Å². The number of hydrogen-bond acceptors (Lipinski definition) is 6. The van der Waals surface area contributed by atoms with Crippen LogP contribution in [0.15, 0.2) is 34.7 Å². The molecule has 1 aromatic heterocycles. The Morgan fingerprint density at radius 1 is 1.29 bits per heavy atom. The third kappa shape index (κ3) is 5.73. The molecule has 0 radical (unpaired) electrons. The molecule has 0 saturated carbocycles. The van der Waals surface area contributed by atoms with Gasteiger partial charge in [0, 0.05) is 13.1 Å². The summed E-state index contributed by atoms with van der Waals surface area (Å²) in [6, 6.07) is 10.1. The van der Waals surface area contributed by atoms with Crippen LogP contribution in [0.4, 0.5) is 5.13 Å². The minimum absolute atomic E-state index is 0.0378. The Hall–Kier alpha value is -1.60. The van der Waals surface area contributed by atoms with Crippen LogP contribution in [-0.2, 0) is 11.3 Å². The van der Waals surface area contributed by atoms with Crippen LogP contribution in [0.2, 0.25) is 0 Å². The first-order chi connectivity index (χ1) is 10.3. The van der Waals surface area contributed by atoms with Crippen LogP contribution in [0.3, 0.4) is 0 Å². The van der Waals surface area contributed by atoms with Gasteiger partial charge in [-0.25, -0.2) is 0 Å². The Bertz CT molecular complexity index is 559. The molecule has 1 aromatic carbocycles. The number of anilines is 1. The van der Waals surface area contributed by atoms with Gasteiger partial charge in [0.15, 0.2) is 4.34 Å². The zero-order chi connectivity index (χ0) is 14.9. The monoisotopic (exact) mass is 322 g/mol. The number of nitrogens with one attached hydrogen (secondary N) is 2. The average Bonchev–Trinajstić information content (AvgIpc) is 2.98. The van der Waals surface area contributed by atoms with E-state index in [9.17, 15) is 4.79 Å². The Morgan fingerprint density at radius 2 is 2.10 bits per heavy atom. The number of carbonyl (C=O) groups is 1. The van der Waals surface area contributed by atoms with Gasteiger partial charge in [-0.15, -0.1) is 10.2 Å². The summed E-state index contributed by atoms with van der Waals surface area (Å²) in [6.45, 7) is 3.47. The Kier molecular flexibility index (Phi) is 6.49. The van der Waals surface area contributed by atoms with Crippen LogP contribution in [0.1, 0.15) is 18.9 Å². The Balaban J connectivity index is 1.75. The number of aromatic nitrogens is 2. The van der Waals surface area contributed by atoms with E-state index in [0.717, 1.165) is 29.0 Å². The Morgan fingerprint density at radius 3 is 2.86 bits per heavy atom. The van der Waals surface area contributed by atoms with E-state index in [-0.39, 0.29) is 5.91 Å². The maximum atomic E-state index is 11.5. The molecule has 1 heterocycles. The van der Waals surface area contributed by atoms with Gasteiger partial charge in [0.05, 0.1) is 5.75 Å². The van der Waals surface area contributed by atoms with Crippen LogP contribution in [-0.4, -0.2) is 28.4 Å². The van der Waals surface area contributed by atoms with E-state index in [1.807, 2.05) is 25.1 Å². The zero-order valence-electron chi connectivity index (χ0n) is 11.8. The van der Waals surface area contributed by atoms with E-state index in [0.29, 0.717) is 5.75 Å². The quantitative estimate of drug-likeness (QED) is 0.732. The van der Waals surface area contributed by atoms with Crippen molar-refractivity contribution >= 4 is 34.1 Å². The first kappa shape index (κ1) is 15.8. The molecular weight excluding hydrogens is 304 g/mol. The first-order valence-corrected chi connectivity index (χ1v) is 8.59. The lowest BCUT2D eigenvalue weighted by atomic mass is 10.2. The standard InChI is InChI=1S/C14H18N4OS2/c1-2-8-15-12(19)10-20-14-18-17-13(21-14)16-9-11-6-4-3-5-7-11/h3-7H,2,8-10H2,1H3,(H,15,19)(H,16,17). The van der Waals surface area contributed by atoms with Crippen LogP contribution in [0.5, 0.6) is 0 Å². The van der Waals surface area contributed by atoms with Crippen LogP contribution < -0.4 is 10.6 Å². The molecule has 1 amide bonds. The molecule has 0 fully saturated rings. The highest BCUT2D eigenvalue weighted by Gasteiger charge is 2.07. The van der Waals surface area contributed by atoms with E-state index < -0.39 is 0 Å². The summed E-state index contributed by atoms with van der Waals surface area (Å²) in [5, 5.41) is 15.0. The molecule has 0 aliphatic heterocycles. The highest BCUT2D eigenvalue weighted by molar-refractivity contribution is 8.01. The smallest absolute Gasteiger partial charge is 0.230 e. The number of benzene rings is 1. The molecule has 0 bridgehead atoms. The zero-order valence-corrected chi connectivity index (χ0v) is 13.5. The molecule has 21 heavy (non-hydrogen) atoms. The molecule has 0 unspecified atom stereocenters. The molecule has 2 aromatic rings. The minimum atomic E-state index is 0.0378. The van der Waals surface area contributed by atoms with E-state index in [2.05, 4.69) is 33.0 Å². The summed E-state index contributed by atoms with van der Waals surface area (Å²) in [5.41, 5.74) is 1.20. The fourth-order valence-electron chi connectivity index (χ4n) is 1.56. The van der Waals surface area contributed by atoms with Crippen molar-refractivity contribution in [3.63, 3.8) is 0 Å². The summed E-state index contributed by atoms with van der Waals surface area (Å²) < 4.78 is 0.803. The summed E-state index contributed by atoms with van der Waals surface area (Å²) >= 11 is 2.88. The topological polar surface area (TPSA) is 66.9 Å². The van der Waals surface area contributed by atoms with E-state index in [1.54, 1.807) is 0 Å².